The van der Waals surface area contributed by atoms with Crippen LogP contribution < -0.4 is 16.0 Å². The van der Waals surface area contributed by atoms with Crippen molar-refractivity contribution in [3.8, 4) is 0 Å². The van der Waals surface area contributed by atoms with E-state index >= 15 is 0 Å². The van der Waals surface area contributed by atoms with E-state index in [0.717, 1.165) is 37.2 Å². The minimum absolute atomic E-state index is 0.136. The van der Waals surface area contributed by atoms with Gasteiger partial charge in [-0.25, -0.2) is 0 Å². The molecule has 2 unspecified atom stereocenters. The van der Waals surface area contributed by atoms with Gasteiger partial charge in [-0.2, -0.15) is 0 Å². The second-order valence-corrected chi connectivity index (χ2v) is 7.55. The highest BCUT2D eigenvalue weighted by atomic mass is 16.5. The second kappa shape index (κ2) is 8.38. The number of imide groups is 1. The van der Waals surface area contributed by atoms with E-state index in [4.69, 9.17) is 4.74 Å². The number of ether oxygens (including phenoxy) is 1. The van der Waals surface area contributed by atoms with Crippen LogP contribution in [0.3, 0.4) is 0 Å². The molecule has 0 bridgehead atoms. The molecule has 28 heavy (non-hydrogen) atoms. The predicted octanol–water partition coefficient (Wildman–Crippen LogP) is -0.0843. The molecule has 1 aromatic carbocycles. The fourth-order valence-corrected chi connectivity index (χ4v) is 4.01. The third-order valence-electron chi connectivity index (χ3n) is 5.57. The summed E-state index contributed by atoms with van der Waals surface area (Å²) in [5.74, 6) is -0.785. The molecule has 3 heterocycles. The van der Waals surface area contributed by atoms with Crippen molar-refractivity contribution < 1.29 is 19.1 Å². The third-order valence-corrected chi connectivity index (χ3v) is 5.57. The van der Waals surface area contributed by atoms with Crippen LogP contribution in [0.4, 0.5) is 0 Å². The number of carbonyl (C=O) groups excluding carboxylic acids is 3. The number of hydrogen-bond acceptors (Lipinski definition) is 6. The topological polar surface area (TPSA) is 99.8 Å². The zero-order valence-electron chi connectivity index (χ0n) is 15.8. The first-order valence-corrected chi connectivity index (χ1v) is 9.91. The molecule has 8 nitrogen and oxygen atoms in total. The van der Waals surface area contributed by atoms with Crippen LogP contribution in [0.1, 0.15) is 40.7 Å². The van der Waals surface area contributed by atoms with E-state index in [1.807, 2.05) is 18.2 Å². The largest absolute Gasteiger partial charge is 0.376 e. The first-order chi connectivity index (χ1) is 13.6. The standard InChI is InChI=1S/C20H26N4O4/c25-18-4-3-17(19(26)23-18)24-12-14-2-1-13(9-16(14)20(24)27)10-22-7-8-28-15-5-6-21-11-15/h1-2,9,15,17,21-22H,3-8,10-12H2,(H,23,25,26). The lowest BCUT2D eigenvalue weighted by Crippen LogP contribution is -2.52. The van der Waals surface area contributed by atoms with Gasteiger partial charge in [-0.3, -0.25) is 19.7 Å². The summed E-state index contributed by atoms with van der Waals surface area (Å²) in [5, 5.41) is 8.95. The first kappa shape index (κ1) is 19.0. The van der Waals surface area contributed by atoms with E-state index in [1.54, 1.807) is 4.90 Å². The van der Waals surface area contributed by atoms with Crippen LogP contribution in [0.2, 0.25) is 0 Å². The van der Waals surface area contributed by atoms with Gasteiger partial charge in [0.2, 0.25) is 11.8 Å². The molecular weight excluding hydrogens is 360 g/mol. The van der Waals surface area contributed by atoms with Gasteiger partial charge in [0.05, 0.1) is 12.7 Å². The Kier molecular flexibility index (Phi) is 5.70. The van der Waals surface area contributed by atoms with Crippen LogP contribution in [0.25, 0.3) is 0 Å². The number of benzene rings is 1. The van der Waals surface area contributed by atoms with Crippen LogP contribution in [0.5, 0.6) is 0 Å². The SMILES string of the molecule is O=C1CCC(N2Cc3ccc(CNCCOC4CCNC4)cc3C2=O)C(=O)N1. The summed E-state index contributed by atoms with van der Waals surface area (Å²) in [7, 11) is 0. The lowest BCUT2D eigenvalue weighted by molar-refractivity contribution is -0.136. The van der Waals surface area contributed by atoms with E-state index < -0.39 is 6.04 Å². The Labute approximate surface area is 164 Å². The molecule has 3 aliphatic heterocycles. The number of nitrogens with zero attached hydrogens (tertiary/aromatic N) is 1. The Balaban J connectivity index is 1.30. The Hall–Kier alpha value is -2.29. The van der Waals surface area contributed by atoms with Gasteiger partial charge in [0.1, 0.15) is 6.04 Å². The van der Waals surface area contributed by atoms with Gasteiger partial charge in [0.25, 0.3) is 5.91 Å². The molecule has 8 heteroatoms. The van der Waals surface area contributed by atoms with Crippen molar-refractivity contribution in [2.75, 3.05) is 26.2 Å². The van der Waals surface area contributed by atoms with Crippen LogP contribution in [0.15, 0.2) is 18.2 Å². The summed E-state index contributed by atoms with van der Waals surface area (Å²) in [6, 6.07) is 5.30. The molecule has 0 spiro atoms. The van der Waals surface area contributed by atoms with Crippen molar-refractivity contribution in [2.45, 2.75) is 44.5 Å². The van der Waals surface area contributed by atoms with E-state index in [-0.39, 0.29) is 24.1 Å². The van der Waals surface area contributed by atoms with Crippen molar-refractivity contribution in [3.05, 3.63) is 34.9 Å². The summed E-state index contributed by atoms with van der Waals surface area (Å²) in [4.78, 5) is 37.8. The highest BCUT2D eigenvalue weighted by molar-refractivity contribution is 6.05. The van der Waals surface area contributed by atoms with E-state index in [2.05, 4.69) is 16.0 Å². The molecule has 1 aromatic rings. The number of rotatable bonds is 7. The molecule has 2 atom stereocenters. The average molecular weight is 386 g/mol. The van der Waals surface area contributed by atoms with E-state index in [0.29, 0.717) is 37.8 Å². The first-order valence-electron chi connectivity index (χ1n) is 9.91. The Morgan fingerprint density at radius 2 is 2.11 bits per heavy atom. The summed E-state index contributed by atoms with van der Waals surface area (Å²) in [5.41, 5.74) is 2.60. The van der Waals surface area contributed by atoms with Crippen LogP contribution >= 0.6 is 0 Å². The van der Waals surface area contributed by atoms with Crippen LogP contribution in [-0.2, 0) is 27.4 Å². The Bertz CT molecular complexity index is 775. The molecule has 4 rings (SSSR count). The maximum atomic E-state index is 12.8. The molecule has 0 radical (unpaired) electrons. The normalized spacial score (nSPS) is 24.6. The Morgan fingerprint density at radius 3 is 2.89 bits per heavy atom. The average Bonchev–Trinajstić information content (AvgIpc) is 3.30. The number of amides is 3. The molecular formula is C20H26N4O4. The van der Waals surface area contributed by atoms with Crippen molar-refractivity contribution in [1.29, 1.82) is 0 Å². The maximum Gasteiger partial charge on any atom is 0.255 e. The fraction of sp³-hybridized carbons (Fsp3) is 0.550. The summed E-state index contributed by atoms with van der Waals surface area (Å²) in [6.45, 7) is 4.44. The molecule has 0 aliphatic carbocycles. The van der Waals surface area contributed by atoms with Gasteiger partial charge in [0, 0.05) is 38.2 Å². The number of hydrogen-bond donors (Lipinski definition) is 3. The Morgan fingerprint density at radius 1 is 1.21 bits per heavy atom. The number of carbonyl (C=O) groups is 3. The van der Waals surface area contributed by atoms with Crippen molar-refractivity contribution in [3.63, 3.8) is 0 Å². The number of nitrogens with one attached hydrogen (secondary N) is 3. The number of fused-ring (bicyclic) bond motifs is 1. The highest BCUT2D eigenvalue weighted by Gasteiger charge is 2.39. The third kappa shape index (κ3) is 4.09. The van der Waals surface area contributed by atoms with Crippen molar-refractivity contribution in [1.82, 2.24) is 20.9 Å². The summed E-state index contributed by atoms with van der Waals surface area (Å²) >= 11 is 0. The monoisotopic (exact) mass is 386 g/mol. The quantitative estimate of drug-likeness (QED) is 0.448. The summed E-state index contributed by atoms with van der Waals surface area (Å²) in [6.07, 6.45) is 2.04. The van der Waals surface area contributed by atoms with Crippen molar-refractivity contribution >= 4 is 17.7 Å². The van der Waals surface area contributed by atoms with Gasteiger partial charge in [-0.05, 0) is 36.6 Å². The summed E-state index contributed by atoms with van der Waals surface area (Å²) < 4.78 is 5.78. The van der Waals surface area contributed by atoms with Gasteiger partial charge >= 0.3 is 0 Å². The molecule has 3 N–H and O–H groups in total. The smallest absolute Gasteiger partial charge is 0.255 e. The van der Waals surface area contributed by atoms with Crippen molar-refractivity contribution in [2.24, 2.45) is 0 Å². The fourth-order valence-electron chi connectivity index (χ4n) is 4.01. The molecule has 2 fully saturated rings. The maximum absolute atomic E-state index is 12.8. The lowest BCUT2D eigenvalue weighted by Gasteiger charge is -2.29. The zero-order valence-corrected chi connectivity index (χ0v) is 15.8. The van der Waals surface area contributed by atoms with E-state index in [1.165, 1.54) is 0 Å². The van der Waals surface area contributed by atoms with Crippen LogP contribution in [0, 0.1) is 0 Å². The molecule has 0 saturated carbocycles. The second-order valence-electron chi connectivity index (χ2n) is 7.55. The van der Waals surface area contributed by atoms with Gasteiger partial charge in [-0.1, -0.05) is 12.1 Å². The van der Waals surface area contributed by atoms with Gasteiger partial charge in [-0.15, -0.1) is 0 Å². The van der Waals surface area contributed by atoms with Crippen LogP contribution in [-0.4, -0.2) is 61.0 Å². The molecule has 3 aliphatic rings. The molecule has 3 amide bonds. The molecule has 150 valence electrons. The van der Waals surface area contributed by atoms with Gasteiger partial charge in [0.15, 0.2) is 0 Å². The highest BCUT2D eigenvalue weighted by Crippen LogP contribution is 2.28. The number of piperidine rings is 1. The van der Waals surface area contributed by atoms with E-state index in [9.17, 15) is 14.4 Å². The molecule has 2 saturated heterocycles. The van der Waals surface area contributed by atoms with Gasteiger partial charge < -0.3 is 20.3 Å². The molecule has 0 aromatic heterocycles. The predicted molar refractivity (Wildman–Crippen MR) is 101 cm³/mol. The zero-order chi connectivity index (χ0) is 19.5. The minimum atomic E-state index is -0.568. The minimum Gasteiger partial charge on any atom is -0.376 e. The lowest BCUT2D eigenvalue weighted by atomic mass is 10.0.